The third kappa shape index (κ3) is 4.08. The molecule has 3 N–H and O–H groups in total. The van der Waals surface area contributed by atoms with Crippen molar-refractivity contribution in [3.8, 4) is 0 Å². The van der Waals surface area contributed by atoms with Gasteiger partial charge in [0.15, 0.2) is 0 Å². The fourth-order valence-electron chi connectivity index (χ4n) is 1.97. The lowest BCUT2D eigenvalue weighted by Crippen LogP contribution is -2.43. The fraction of sp³-hybridized carbons (Fsp3) is 0.267. The standard InChI is InChI=1S/C15H19N5O2/c1-3-16-15(22)18-14(21)13(11-7-5-4-6-8-11)17-12-9-10-20(2)19-12/h4-10,13H,3H2,1-2H3,(H,17,19)(H2,16,18,21,22). The van der Waals surface area contributed by atoms with Gasteiger partial charge in [-0.15, -0.1) is 0 Å². The molecule has 0 saturated carbocycles. The number of aryl methyl sites for hydroxylation is 1. The van der Waals surface area contributed by atoms with Gasteiger partial charge in [0.2, 0.25) is 0 Å². The lowest BCUT2D eigenvalue weighted by Gasteiger charge is -2.18. The molecule has 7 heteroatoms. The number of imide groups is 1. The van der Waals surface area contributed by atoms with Crippen molar-refractivity contribution in [1.29, 1.82) is 0 Å². The second-order valence-electron chi connectivity index (χ2n) is 4.71. The minimum atomic E-state index is -0.710. The van der Waals surface area contributed by atoms with Crippen molar-refractivity contribution in [2.75, 3.05) is 11.9 Å². The van der Waals surface area contributed by atoms with Crippen LogP contribution in [0.5, 0.6) is 0 Å². The molecule has 22 heavy (non-hydrogen) atoms. The van der Waals surface area contributed by atoms with Gasteiger partial charge in [0.05, 0.1) is 0 Å². The second kappa shape index (κ2) is 7.26. The molecule has 1 aromatic carbocycles. The van der Waals surface area contributed by atoms with Gasteiger partial charge < -0.3 is 10.6 Å². The van der Waals surface area contributed by atoms with E-state index >= 15 is 0 Å². The Bertz CT molecular complexity index is 638. The molecule has 2 rings (SSSR count). The largest absolute Gasteiger partial charge is 0.353 e. The molecule has 1 heterocycles. The monoisotopic (exact) mass is 301 g/mol. The number of carbonyl (C=O) groups is 2. The average molecular weight is 301 g/mol. The summed E-state index contributed by atoms with van der Waals surface area (Å²) < 4.78 is 1.63. The lowest BCUT2D eigenvalue weighted by molar-refractivity contribution is -0.120. The first-order valence-corrected chi connectivity index (χ1v) is 7.00. The van der Waals surface area contributed by atoms with Crippen molar-refractivity contribution < 1.29 is 9.59 Å². The number of anilines is 1. The third-order valence-electron chi connectivity index (χ3n) is 2.97. The number of nitrogens with zero attached hydrogens (tertiary/aromatic N) is 2. The van der Waals surface area contributed by atoms with Crippen LogP contribution in [0.1, 0.15) is 18.5 Å². The number of urea groups is 1. The van der Waals surface area contributed by atoms with E-state index in [9.17, 15) is 9.59 Å². The number of hydrogen-bond donors (Lipinski definition) is 3. The smallest absolute Gasteiger partial charge is 0.321 e. The number of rotatable bonds is 5. The lowest BCUT2D eigenvalue weighted by atomic mass is 10.1. The highest BCUT2D eigenvalue weighted by Gasteiger charge is 2.22. The molecule has 0 bridgehead atoms. The number of amides is 3. The zero-order valence-corrected chi connectivity index (χ0v) is 12.5. The molecule has 3 amide bonds. The summed E-state index contributed by atoms with van der Waals surface area (Å²) in [6.45, 7) is 2.23. The van der Waals surface area contributed by atoms with Crippen LogP contribution in [0.15, 0.2) is 42.6 Å². The molecule has 116 valence electrons. The zero-order chi connectivity index (χ0) is 15.9. The second-order valence-corrected chi connectivity index (χ2v) is 4.71. The predicted molar refractivity (Wildman–Crippen MR) is 83.2 cm³/mol. The highest BCUT2D eigenvalue weighted by atomic mass is 16.2. The highest BCUT2D eigenvalue weighted by Crippen LogP contribution is 2.18. The van der Waals surface area contributed by atoms with Gasteiger partial charge >= 0.3 is 6.03 Å². The minimum Gasteiger partial charge on any atom is -0.353 e. The molecular formula is C15H19N5O2. The summed E-state index contributed by atoms with van der Waals surface area (Å²) in [6, 6.07) is 9.70. The molecule has 0 aliphatic carbocycles. The summed E-state index contributed by atoms with van der Waals surface area (Å²) in [5, 5.41) is 12.1. The van der Waals surface area contributed by atoms with E-state index in [0.717, 1.165) is 5.56 Å². The summed E-state index contributed by atoms with van der Waals surface area (Å²) in [6.07, 6.45) is 1.77. The Morgan fingerprint density at radius 2 is 1.95 bits per heavy atom. The number of benzene rings is 1. The van der Waals surface area contributed by atoms with E-state index in [2.05, 4.69) is 21.0 Å². The van der Waals surface area contributed by atoms with Crippen LogP contribution in [0.3, 0.4) is 0 Å². The molecular weight excluding hydrogens is 282 g/mol. The van der Waals surface area contributed by atoms with Gasteiger partial charge in [-0.2, -0.15) is 5.10 Å². The van der Waals surface area contributed by atoms with Crippen LogP contribution in [-0.4, -0.2) is 28.3 Å². The average Bonchev–Trinajstić information content (AvgIpc) is 2.91. The normalized spacial score (nSPS) is 11.5. The van der Waals surface area contributed by atoms with Crippen LogP contribution in [0, 0.1) is 0 Å². The molecule has 0 aliphatic rings. The summed E-state index contributed by atoms with van der Waals surface area (Å²) in [5.74, 6) is 0.116. The van der Waals surface area contributed by atoms with Gasteiger partial charge in [0, 0.05) is 25.9 Å². The van der Waals surface area contributed by atoms with Gasteiger partial charge in [0.1, 0.15) is 11.9 Å². The van der Waals surface area contributed by atoms with Crippen molar-refractivity contribution in [3.05, 3.63) is 48.2 Å². The van der Waals surface area contributed by atoms with Crippen LogP contribution in [0.4, 0.5) is 10.6 Å². The third-order valence-corrected chi connectivity index (χ3v) is 2.97. The van der Waals surface area contributed by atoms with E-state index in [1.165, 1.54) is 0 Å². The van der Waals surface area contributed by atoms with Crippen molar-refractivity contribution in [1.82, 2.24) is 20.4 Å². The quantitative estimate of drug-likeness (QED) is 0.779. The first-order chi connectivity index (χ1) is 10.6. The Kier molecular flexibility index (Phi) is 5.13. The fourth-order valence-corrected chi connectivity index (χ4v) is 1.97. The maximum absolute atomic E-state index is 12.4. The van der Waals surface area contributed by atoms with Crippen molar-refractivity contribution in [2.45, 2.75) is 13.0 Å². The predicted octanol–water partition coefficient (Wildman–Crippen LogP) is 1.42. The Morgan fingerprint density at radius 3 is 2.55 bits per heavy atom. The van der Waals surface area contributed by atoms with Crippen molar-refractivity contribution in [3.63, 3.8) is 0 Å². The van der Waals surface area contributed by atoms with E-state index in [0.29, 0.717) is 12.4 Å². The zero-order valence-electron chi connectivity index (χ0n) is 12.5. The summed E-state index contributed by atoms with van der Waals surface area (Å²) in [7, 11) is 1.79. The Balaban J connectivity index is 2.18. The molecule has 0 saturated heterocycles. The van der Waals surface area contributed by atoms with E-state index in [4.69, 9.17) is 0 Å². The summed E-state index contributed by atoms with van der Waals surface area (Å²) in [5.41, 5.74) is 0.745. The van der Waals surface area contributed by atoms with Crippen LogP contribution in [-0.2, 0) is 11.8 Å². The van der Waals surface area contributed by atoms with Gasteiger partial charge in [0.25, 0.3) is 5.91 Å². The molecule has 2 aromatic rings. The Hall–Kier alpha value is -2.83. The molecule has 0 fully saturated rings. The molecule has 0 spiro atoms. The SMILES string of the molecule is CCNC(=O)NC(=O)C(Nc1ccn(C)n1)c1ccccc1. The van der Waals surface area contributed by atoms with Gasteiger partial charge in [-0.25, -0.2) is 4.79 Å². The first kappa shape index (κ1) is 15.6. The Labute approximate surface area is 128 Å². The van der Waals surface area contributed by atoms with Crippen molar-refractivity contribution in [2.24, 2.45) is 7.05 Å². The van der Waals surface area contributed by atoms with E-state index < -0.39 is 18.0 Å². The summed E-state index contributed by atoms with van der Waals surface area (Å²) in [4.78, 5) is 23.9. The van der Waals surface area contributed by atoms with Crippen LogP contribution in [0.25, 0.3) is 0 Å². The first-order valence-electron chi connectivity index (χ1n) is 7.00. The Morgan fingerprint density at radius 1 is 1.23 bits per heavy atom. The molecule has 0 aliphatic heterocycles. The number of aromatic nitrogens is 2. The number of carbonyl (C=O) groups excluding carboxylic acids is 2. The molecule has 0 radical (unpaired) electrons. The minimum absolute atomic E-state index is 0.442. The van der Waals surface area contributed by atoms with Gasteiger partial charge in [-0.05, 0) is 12.5 Å². The van der Waals surface area contributed by atoms with E-state index in [-0.39, 0.29) is 0 Å². The van der Waals surface area contributed by atoms with Crippen LogP contribution < -0.4 is 16.0 Å². The maximum atomic E-state index is 12.4. The van der Waals surface area contributed by atoms with E-state index in [1.807, 2.05) is 30.3 Å². The molecule has 7 nitrogen and oxygen atoms in total. The number of nitrogens with one attached hydrogen (secondary N) is 3. The number of hydrogen-bond acceptors (Lipinski definition) is 4. The van der Waals surface area contributed by atoms with Gasteiger partial charge in [-0.3, -0.25) is 14.8 Å². The maximum Gasteiger partial charge on any atom is 0.321 e. The van der Waals surface area contributed by atoms with Crippen LogP contribution in [0.2, 0.25) is 0 Å². The van der Waals surface area contributed by atoms with E-state index in [1.54, 1.807) is 30.9 Å². The topological polar surface area (TPSA) is 88.0 Å². The van der Waals surface area contributed by atoms with Crippen LogP contribution >= 0.6 is 0 Å². The molecule has 1 atom stereocenters. The summed E-state index contributed by atoms with van der Waals surface area (Å²) >= 11 is 0. The van der Waals surface area contributed by atoms with Gasteiger partial charge in [-0.1, -0.05) is 30.3 Å². The molecule has 1 unspecified atom stereocenters. The highest BCUT2D eigenvalue weighted by molar-refractivity contribution is 5.98. The van der Waals surface area contributed by atoms with Crippen molar-refractivity contribution >= 4 is 17.8 Å². The molecule has 1 aromatic heterocycles.